The summed E-state index contributed by atoms with van der Waals surface area (Å²) in [5.41, 5.74) is 5.39. The summed E-state index contributed by atoms with van der Waals surface area (Å²) >= 11 is 0. The lowest BCUT2D eigenvalue weighted by Crippen LogP contribution is -2.19. The Morgan fingerprint density at radius 1 is 1.71 bits per heavy atom. The van der Waals surface area contributed by atoms with E-state index in [1.807, 2.05) is 6.92 Å². The first-order valence-electron chi connectivity index (χ1n) is 4.70. The number of carbonyl (C=O) groups excluding carboxylic acids is 1. The quantitative estimate of drug-likeness (QED) is 0.714. The number of nitrogens with two attached hydrogens (primary N) is 1. The first-order valence-corrected chi connectivity index (χ1v) is 4.70. The van der Waals surface area contributed by atoms with Crippen LogP contribution in [0.3, 0.4) is 0 Å². The molecule has 0 bridgehead atoms. The summed E-state index contributed by atoms with van der Waals surface area (Å²) < 4.78 is 1.62. The van der Waals surface area contributed by atoms with Gasteiger partial charge in [-0.3, -0.25) is 9.48 Å². The molecule has 1 aromatic rings. The molecule has 0 amide bonds. The number of hydrogen-bond donors (Lipinski definition) is 1. The van der Waals surface area contributed by atoms with Gasteiger partial charge in [0.05, 0.1) is 6.42 Å². The van der Waals surface area contributed by atoms with Crippen LogP contribution in [0, 0.1) is 5.92 Å². The van der Waals surface area contributed by atoms with Crippen LogP contribution in [0.5, 0.6) is 0 Å². The van der Waals surface area contributed by atoms with Crippen molar-refractivity contribution >= 4 is 5.78 Å². The Balaban J connectivity index is 2.53. The maximum Gasteiger partial charge on any atom is 0.143 e. The Kier molecular flexibility index (Phi) is 3.76. The second-order valence-corrected chi connectivity index (χ2v) is 3.42. The third-order valence-corrected chi connectivity index (χ3v) is 2.29. The highest BCUT2D eigenvalue weighted by molar-refractivity contribution is 5.82. The van der Waals surface area contributed by atoms with Gasteiger partial charge in [-0.1, -0.05) is 6.92 Å². The number of ketones is 1. The van der Waals surface area contributed by atoms with E-state index < -0.39 is 0 Å². The Morgan fingerprint density at radius 3 is 2.93 bits per heavy atom. The molecule has 2 N–H and O–H groups in total. The smallest absolute Gasteiger partial charge is 0.143 e. The molecule has 0 radical (unpaired) electrons. The number of aryl methyl sites for hydroxylation is 1. The van der Waals surface area contributed by atoms with Crippen molar-refractivity contribution in [3.63, 3.8) is 0 Å². The van der Waals surface area contributed by atoms with Crippen molar-refractivity contribution in [2.75, 3.05) is 6.54 Å². The second kappa shape index (κ2) is 4.85. The third kappa shape index (κ3) is 2.63. The van der Waals surface area contributed by atoms with Crippen LogP contribution in [0.15, 0.2) is 6.33 Å². The molecule has 1 aromatic heterocycles. The summed E-state index contributed by atoms with van der Waals surface area (Å²) in [6.07, 6.45) is 2.53. The summed E-state index contributed by atoms with van der Waals surface area (Å²) in [5.74, 6) is 0.891. The van der Waals surface area contributed by atoms with Crippen molar-refractivity contribution in [3.05, 3.63) is 12.2 Å². The summed E-state index contributed by atoms with van der Waals surface area (Å²) in [6, 6.07) is 0. The van der Waals surface area contributed by atoms with E-state index >= 15 is 0 Å². The fourth-order valence-corrected chi connectivity index (χ4v) is 1.22. The maximum absolute atomic E-state index is 11.6. The average Bonchev–Trinajstić information content (AvgIpc) is 2.52. The summed E-state index contributed by atoms with van der Waals surface area (Å²) in [4.78, 5) is 15.6. The topological polar surface area (TPSA) is 73.8 Å². The first kappa shape index (κ1) is 10.8. The van der Waals surface area contributed by atoms with Crippen molar-refractivity contribution in [1.29, 1.82) is 0 Å². The van der Waals surface area contributed by atoms with Gasteiger partial charge in [0, 0.05) is 13.0 Å². The molecule has 0 aliphatic heterocycles. The zero-order chi connectivity index (χ0) is 10.6. The number of aromatic nitrogens is 3. The highest BCUT2D eigenvalue weighted by Gasteiger charge is 2.14. The normalized spacial score (nSPS) is 12.8. The molecule has 78 valence electrons. The molecule has 0 aromatic carbocycles. The summed E-state index contributed by atoms with van der Waals surface area (Å²) in [7, 11) is 1.78. The minimum atomic E-state index is 0.0108. The molecule has 1 heterocycles. The number of Topliss-reactive ketones (excluding diaryl/α,β-unsaturated/α-hetero) is 1. The van der Waals surface area contributed by atoms with E-state index in [1.165, 1.54) is 6.33 Å². The molecule has 1 atom stereocenters. The van der Waals surface area contributed by atoms with E-state index in [0.29, 0.717) is 18.8 Å². The van der Waals surface area contributed by atoms with E-state index in [4.69, 9.17) is 5.73 Å². The number of nitrogens with zero attached hydrogens (tertiary/aromatic N) is 3. The molecule has 0 aliphatic rings. The molecule has 1 rings (SSSR count). The molecule has 0 saturated carbocycles. The number of hydrogen-bond acceptors (Lipinski definition) is 4. The SMILES string of the molecule is CC(CCN)C(=O)Cc1ncnn1C. The van der Waals surface area contributed by atoms with E-state index in [2.05, 4.69) is 10.1 Å². The predicted molar refractivity (Wildman–Crippen MR) is 52.5 cm³/mol. The molecule has 14 heavy (non-hydrogen) atoms. The second-order valence-electron chi connectivity index (χ2n) is 3.42. The van der Waals surface area contributed by atoms with E-state index in [0.717, 1.165) is 6.42 Å². The van der Waals surface area contributed by atoms with Crippen LogP contribution in [0.2, 0.25) is 0 Å². The Labute approximate surface area is 83.3 Å². The molecule has 5 nitrogen and oxygen atoms in total. The Hall–Kier alpha value is -1.23. The minimum absolute atomic E-state index is 0.0108. The van der Waals surface area contributed by atoms with Gasteiger partial charge in [0.15, 0.2) is 0 Å². The van der Waals surface area contributed by atoms with E-state index in [1.54, 1.807) is 11.7 Å². The van der Waals surface area contributed by atoms with Crippen LogP contribution in [-0.2, 0) is 18.3 Å². The van der Waals surface area contributed by atoms with Crippen LogP contribution < -0.4 is 5.73 Å². The molecular formula is C9H16N4O. The largest absolute Gasteiger partial charge is 0.330 e. The maximum atomic E-state index is 11.6. The first-order chi connectivity index (χ1) is 6.65. The lowest BCUT2D eigenvalue weighted by Gasteiger charge is -2.07. The van der Waals surface area contributed by atoms with Gasteiger partial charge in [-0.2, -0.15) is 5.10 Å². The van der Waals surface area contributed by atoms with Crippen LogP contribution in [0.1, 0.15) is 19.2 Å². The van der Waals surface area contributed by atoms with E-state index in [-0.39, 0.29) is 11.7 Å². The van der Waals surface area contributed by atoms with Crippen molar-refractivity contribution in [3.8, 4) is 0 Å². The number of carbonyl (C=O) groups is 1. The fraction of sp³-hybridized carbons (Fsp3) is 0.667. The van der Waals surface area contributed by atoms with Crippen molar-refractivity contribution in [2.24, 2.45) is 18.7 Å². The Morgan fingerprint density at radius 2 is 2.43 bits per heavy atom. The third-order valence-electron chi connectivity index (χ3n) is 2.29. The van der Waals surface area contributed by atoms with Gasteiger partial charge in [0.1, 0.15) is 17.9 Å². The molecular weight excluding hydrogens is 180 g/mol. The molecule has 0 spiro atoms. The fourth-order valence-electron chi connectivity index (χ4n) is 1.22. The highest BCUT2D eigenvalue weighted by atomic mass is 16.1. The average molecular weight is 196 g/mol. The Bertz CT molecular complexity index is 308. The van der Waals surface area contributed by atoms with Crippen LogP contribution in [-0.4, -0.2) is 27.1 Å². The van der Waals surface area contributed by atoms with Gasteiger partial charge in [-0.25, -0.2) is 4.98 Å². The van der Waals surface area contributed by atoms with Gasteiger partial charge >= 0.3 is 0 Å². The predicted octanol–water partition coefficient (Wildman–Crippen LogP) is -0.0884. The summed E-state index contributed by atoms with van der Waals surface area (Å²) in [6.45, 7) is 2.44. The van der Waals surface area contributed by atoms with Gasteiger partial charge in [-0.15, -0.1) is 0 Å². The molecule has 0 aliphatic carbocycles. The van der Waals surface area contributed by atoms with Crippen molar-refractivity contribution < 1.29 is 4.79 Å². The monoisotopic (exact) mass is 196 g/mol. The highest BCUT2D eigenvalue weighted by Crippen LogP contribution is 2.06. The molecule has 5 heteroatoms. The van der Waals surface area contributed by atoms with Gasteiger partial charge in [0.2, 0.25) is 0 Å². The van der Waals surface area contributed by atoms with Gasteiger partial charge in [0.25, 0.3) is 0 Å². The van der Waals surface area contributed by atoms with Crippen LogP contribution in [0.4, 0.5) is 0 Å². The van der Waals surface area contributed by atoms with Gasteiger partial charge in [-0.05, 0) is 13.0 Å². The molecule has 0 saturated heterocycles. The van der Waals surface area contributed by atoms with Crippen molar-refractivity contribution in [2.45, 2.75) is 19.8 Å². The molecule has 1 unspecified atom stereocenters. The van der Waals surface area contributed by atoms with Crippen molar-refractivity contribution in [1.82, 2.24) is 14.8 Å². The van der Waals surface area contributed by atoms with E-state index in [9.17, 15) is 4.79 Å². The zero-order valence-corrected chi connectivity index (χ0v) is 8.60. The zero-order valence-electron chi connectivity index (χ0n) is 8.60. The van der Waals surface area contributed by atoms with Crippen LogP contribution in [0.25, 0.3) is 0 Å². The van der Waals surface area contributed by atoms with Crippen LogP contribution >= 0.6 is 0 Å². The standard InChI is InChI=1S/C9H16N4O/c1-7(3-4-10)8(14)5-9-11-6-12-13(9)2/h6-7H,3-5,10H2,1-2H3. The summed E-state index contributed by atoms with van der Waals surface area (Å²) in [5, 5.41) is 3.90. The molecule has 0 fully saturated rings. The van der Waals surface area contributed by atoms with Gasteiger partial charge < -0.3 is 5.73 Å². The number of rotatable bonds is 5. The lowest BCUT2D eigenvalue weighted by atomic mass is 10.00. The lowest BCUT2D eigenvalue weighted by molar-refractivity contribution is -0.122. The minimum Gasteiger partial charge on any atom is -0.330 e.